The predicted molar refractivity (Wildman–Crippen MR) is 164 cm³/mol. The van der Waals surface area contributed by atoms with Gasteiger partial charge in [-0.25, -0.2) is 19.0 Å². The fraction of sp³-hybridized carbons (Fsp3) is 0.303. The molecule has 6 heterocycles. The smallest absolute Gasteiger partial charge is 0.269 e. The number of carbonyl (C=O) groups is 2. The van der Waals surface area contributed by atoms with Crippen LogP contribution in [0.3, 0.4) is 0 Å². The van der Waals surface area contributed by atoms with Gasteiger partial charge in [-0.3, -0.25) is 9.59 Å². The van der Waals surface area contributed by atoms with E-state index < -0.39 is 29.7 Å². The Bertz CT molecular complexity index is 1950. The molecule has 4 aliphatic rings. The van der Waals surface area contributed by atoms with Gasteiger partial charge in [0.1, 0.15) is 22.9 Å². The molecule has 2 aromatic heterocycles. The normalized spacial score (nSPS) is 23.5. The van der Waals surface area contributed by atoms with Gasteiger partial charge < -0.3 is 25.0 Å². The molecule has 0 saturated carbocycles. The Morgan fingerprint density at radius 2 is 1.96 bits per heavy atom. The molecule has 13 heteroatoms. The lowest BCUT2D eigenvalue weighted by atomic mass is 10.0. The van der Waals surface area contributed by atoms with Gasteiger partial charge in [-0.1, -0.05) is 42.5 Å². The van der Waals surface area contributed by atoms with Crippen LogP contribution in [0.5, 0.6) is 5.88 Å². The number of nitrogens with one attached hydrogen (secondary N) is 2. The highest BCUT2D eigenvalue weighted by Gasteiger charge is 2.40. The summed E-state index contributed by atoms with van der Waals surface area (Å²) in [6.07, 6.45) is -0.506. The van der Waals surface area contributed by atoms with Gasteiger partial charge in [0.05, 0.1) is 41.8 Å². The zero-order chi connectivity index (χ0) is 32.4. The summed E-state index contributed by atoms with van der Waals surface area (Å²) < 4.78 is 53.0. The molecule has 8 rings (SSSR count). The van der Waals surface area contributed by atoms with Crippen LogP contribution >= 0.6 is 0 Å². The highest BCUT2D eigenvalue weighted by atomic mass is 19.1. The van der Waals surface area contributed by atoms with Crippen LogP contribution in [0.1, 0.15) is 41.3 Å². The molecule has 2 fully saturated rings. The van der Waals surface area contributed by atoms with E-state index in [4.69, 9.17) is 10.9 Å². The topological polar surface area (TPSA) is 123 Å². The van der Waals surface area contributed by atoms with Crippen LogP contribution in [0.4, 0.5) is 20.3 Å². The first-order valence-electron chi connectivity index (χ1n) is 15.6. The number of rotatable bonds is 5. The Balaban J connectivity index is 1.20. The molecule has 2 saturated heterocycles. The summed E-state index contributed by atoms with van der Waals surface area (Å²) >= 11 is 0. The van der Waals surface area contributed by atoms with Crippen molar-refractivity contribution >= 4 is 29.0 Å². The molecule has 2 N–H and O–H groups in total. The molecule has 4 atom stereocenters. The minimum absolute atomic E-state index is 0.0501. The molecule has 2 amide bonds. The quantitative estimate of drug-likeness (QED) is 0.322. The number of aryl methyl sites for hydroxylation is 1. The summed E-state index contributed by atoms with van der Waals surface area (Å²) in [5, 5.41) is 7.44. The molecule has 2 bridgehead atoms. The van der Waals surface area contributed by atoms with E-state index in [1.165, 1.54) is 22.9 Å². The first-order chi connectivity index (χ1) is 22.8. The number of aromatic nitrogens is 3. The van der Waals surface area contributed by atoms with Crippen LogP contribution in [0, 0.1) is 11.8 Å². The van der Waals surface area contributed by atoms with E-state index in [2.05, 4.69) is 20.4 Å². The van der Waals surface area contributed by atoms with Crippen LogP contribution in [0.25, 0.3) is 11.3 Å². The SMILES string of the molecule is [2H]N(C(=O)c1c(-c2ccc(N3C[C@H]4C[C@@H]3CO4)nc2F)nn2c1O[C@H](C)CC2)[C@H]1N=C(c2ccccc2)c2cccc(F)c2NC1=O. The van der Waals surface area contributed by atoms with Gasteiger partial charge in [-0.05, 0) is 31.5 Å². The summed E-state index contributed by atoms with van der Waals surface area (Å²) in [5.74, 6) is -2.94. The molecule has 4 aliphatic heterocycles. The molecule has 0 unspecified atom stereocenters. The number of ether oxygens (including phenoxy) is 2. The average Bonchev–Trinajstić information content (AvgIpc) is 3.78. The largest absolute Gasteiger partial charge is 0.474 e. The fourth-order valence-electron chi connectivity index (χ4n) is 6.47. The summed E-state index contributed by atoms with van der Waals surface area (Å²) in [5.41, 5.74) is 0.601. The van der Waals surface area contributed by atoms with E-state index in [0.717, 1.165) is 6.42 Å². The fourth-order valence-corrected chi connectivity index (χ4v) is 6.47. The molecule has 0 radical (unpaired) electrons. The van der Waals surface area contributed by atoms with E-state index in [1.807, 2.05) is 11.8 Å². The lowest BCUT2D eigenvalue weighted by molar-refractivity contribution is -0.117. The number of amides is 2. The van der Waals surface area contributed by atoms with Crippen molar-refractivity contribution in [2.24, 2.45) is 4.99 Å². The Hall–Kier alpha value is -5.17. The number of para-hydroxylation sites is 1. The van der Waals surface area contributed by atoms with Crippen molar-refractivity contribution in [1.82, 2.24) is 20.1 Å². The lowest BCUT2D eigenvalue weighted by Gasteiger charge is -2.27. The summed E-state index contributed by atoms with van der Waals surface area (Å²) in [4.78, 5) is 38.6. The van der Waals surface area contributed by atoms with Crippen molar-refractivity contribution in [2.45, 2.75) is 50.7 Å². The highest BCUT2D eigenvalue weighted by molar-refractivity contribution is 6.20. The molecular weight excluding hydrogens is 596 g/mol. The zero-order valence-corrected chi connectivity index (χ0v) is 24.7. The van der Waals surface area contributed by atoms with Crippen LogP contribution in [-0.2, 0) is 16.1 Å². The van der Waals surface area contributed by atoms with Crippen molar-refractivity contribution in [2.75, 3.05) is 23.4 Å². The number of halogens is 2. The third kappa shape index (κ3) is 4.78. The number of aliphatic imine (C=N–C) groups is 1. The van der Waals surface area contributed by atoms with Crippen LogP contribution in [0.15, 0.2) is 65.7 Å². The van der Waals surface area contributed by atoms with Crippen LogP contribution in [0.2, 0.25) is 1.41 Å². The molecule has 0 aliphatic carbocycles. The van der Waals surface area contributed by atoms with E-state index in [9.17, 15) is 9.59 Å². The van der Waals surface area contributed by atoms with Crippen molar-refractivity contribution in [3.8, 4) is 17.1 Å². The number of pyridine rings is 1. The Morgan fingerprint density at radius 3 is 2.72 bits per heavy atom. The van der Waals surface area contributed by atoms with Gasteiger partial charge in [0, 0.05) is 30.6 Å². The summed E-state index contributed by atoms with van der Waals surface area (Å²) in [6, 6.07) is 16.4. The number of morpholine rings is 1. The molecule has 46 heavy (non-hydrogen) atoms. The Labute approximate surface area is 263 Å². The van der Waals surface area contributed by atoms with E-state index in [-0.39, 0.29) is 52.3 Å². The number of benzene rings is 2. The number of fused-ring (bicyclic) bond motifs is 4. The van der Waals surface area contributed by atoms with Gasteiger partial charge in [-0.15, -0.1) is 0 Å². The second kappa shape index (κ2) is 11.0. The summed E-state index contributed by atoms with van der Waals surface area (Å²) in [6.45, 7) is 3.38. The standard InChI is InChI=1S/C33H29F2N7O4/c1-17-12-13-42-33(46-17)25(28(40-42)22-10-11-24(36-29(22)35)41-15-20-14-19(41)16-45-20)31(43)39-30-32(44)38-27-21(8-5-9-23(27)34)26(37-30)18-6-3-2-4-7-18/h2-11,17,19-20,30H,12-16H2,1H3,(H,38,44)(H,39,43)/t17-,19-,20-,30-/m1/s1/i/hD. The summed E-state index contributed by atoms with van der Waals surface area (Å²) in [7, 11) is 0. The molecular formula is C33H29F2N7O4. The van der Waals surface area contributed by atoms with Gasteiger partial charge in [0.15, 0.2) is 1.41 Å². The van der Waals surface area contributed by atoms with Gasteiger partial charge in [0.2, 0.25) is 18.0 Å². The Morgan fingerprint density at radius 1 is 1.11 bits per heavy atom. The maximum absolute atomic E-state index is 15.9. The van der Waals surface area contributed by atoms with Crippen molar-refractivity contribution < 1.29 is 29.3 Å². The number of hydrogen-bond acceptors (Lipinski definition) is 8. The maximum atomic E-state index is 15.9. The van der Waals surface area contributed by atoms with Gasteiger partial charge in [-0.2, -0.15) is 9.49 Å². The Kier molecular flexibility index (Phi) is 6.51. The minimum Gasteiger partial charge on any atom is -0.474 e. The third-order valence-electron chi connectivity index (χ3n) is 8.75. The lowest BCUT2D eigenvalue weighted by Crippen LogP contribution is -2.42. The second-order valence-electron chi connectivity index (χ2n) is 11.8. The van der Waals surface area contributed by atoms with Crippen LogP contribution < -0.4 is 20.3 Å². The van der Waals surface area contributed by atoms with Crippen molar-refractivity contribution in [3.63, 3.8) is 0 Å². The molecule has 11 nitrogen and oxygen atoms in total. The minimum atomic E-state index is -1.74. The zero-order valence-electron chi connectivity index (χ0n) is 25.7. The monoisotopic (exact) mass is 626 g/mol. The van der Waals surface area contributed by atoms with E-state index in [0.29, 0.717) is 48.4 Å². The predicted octanol–water partition coefficient (Wildman–Crippen LogP) is 3.92. The number of hydrogen-bond donors (Lipinski definition) is 2. The van der Waals surface area contributed by atoms with Gasteiger partial charge in [0.25, 0.3) is 11.8 Å². The first kappa shape index (κ1) is 27.2. The number of anilines is 2. The maximum Gasteiger partial charge on any atom is 0.269 e. The van der Waals surface area contributed by atoms with Crippen molar-refractivity contribution in [1.29, 1.82) is 0 Å². The van der Waals surface area contributed by atoms with E-state index in [1.54, 1.807) is 42.5 Å². The van der Waals surface area contributed by atoms with Crippen molar-refractivity contribution in [3.05, 3.63) is 89.1 Å². The average molecular weight is 627 g/mol. The number of carbonyl (C=O) groups excluding carboxylic acids is 2. The van der Waals surface area contributed by atoms with Gasteiger partial charge >= 0.3 is 0 Å². The van der Waals surface area contributed by atoms with E-state index >= 15 is 8.78 Å². The number of nitrogens with zero attached hydrogens (tertiary/aromatic N) is 5. The first-order valence-corrected chi connectivity index (χ1v) is 15.1. The second-order valence-corrected chi connectivity index (χ2v) is 11.8. The highest BCUT2D eigenvalue weighted by Crippen LogP contribution is 2.37. The molecule has 4 aromatic rings. The molecule has 2 aromatic carbocycles. The molecule has 0 spiro atoms. The molecule has 234 valence electrons. The van der Waals surface area contributed by atoms with Crippen LogP contribution in [-0.4, -0.2) is 69.9 Å². The number of benzodiazepines with no additional fused rings is 1. The third-order valence-corrected chi connectivity index (χ3v) is 8.75.